The van der Waals surface area contributed by atoms with Crippen molar-refractivity contribution >= 4 is 22.6 Å². The second kappa shape index (κ2) is 8.17. The molecule has 1 amide bonds. The highest BCUT2D eigenvalue weighted by Gasteiger charge is 2.22. The Morgan fingerprint density at radius 2 is 1.83 bits per heavy atom. The van der Waals surface area contributed by atoms with Crippen LogP contribution in [0.2, 0.25) is 0 Å². The molecule has 1 aliphatic rings. The monoisotopic (exact) mass is 389 g/mol. The first-order valence-electron chi connectivity index (χ1n) is 10.1. The van der Waals surface area contributed by atoms with Crippen LogP contribution in [-0.2, 0) is 0 Å². The van der Waals surface area contributed by atoms with E-state index in [-0.39, 0.29) is 6.04 Å². The molecule has 2 aromatic carbocycles. The van der Waals surface area contributed by atoms with Gasteiger partial charge in [0.25, 0.3) is 5.91 Å². The van der Waals surface area contributed by atoms with Gasteiger partial charge >= 0.3 is 0 Å². The van der Waals surface area contributed by atoms with Gasteiger partial charge in [-0.25, -0.2) is 9.97 Å². The van der Waals surface area contributed by atoms with E-state index in [1.54, 1.807) is 6.07 Å². The molecule has 3 aromatic rings. The lowest BCUT2D eigenvalue weighted by Gasteiger charge is -2.35. The highest BCUT2D eigenvalue weighted by molar-refractivity contribution is 6.06. The molecule has 1 saturated heterocycles. The summed E-state index contributed by atoms with van der Waals surface area (Å²) in [5, 5.41) is 4.41. The maximum absolute atomic E-state index is 11.8. The minimum absolute atomic E-state index is 0.0897. The fourth-order valence-electron chi connectivity index (χ4n) is 3.74. The predicted octanol–water partition coefficient (Wildman–Crippen LogP) is 3.71. The molecule has 1 aromatic heterocycles. The van der Waals surface area contributed by atoms with Crippen LogP contribution < -0.4 is 11.1 Å². The van der Waals surface area contributed by atoms with Crippen molar-refractivity contribution in [3.05, 3.63) is 65.5 Å². The van der Waals surface area contributed by atoms with E-state index in [9.17, 15) is 4.79 Å². The number of hydrogen-bond acceptors (Lipinski definition) is 5. The van der Waals surface area contributed by atoms with Gasteiger partial charge in [0.1, 0.15) is 12.1 Å². The number of nitrogens with zero attached hydrogens (tertiary/aromatic N) is 3. The van der Waals surface area contributed by atoms with Crippen LogP contribution in [-0.4, -0.2) is 40.4 Å². The van der Waals surface area contributed by atoms with Crippen LogP contribution in [0.3, 0.4) is 0 Å². The van der Waals surface area contributed by atoms with Crippen molar-refractivity contribution in [1.29, 1.82) is 0 Å². The smallest absolute Gasteiger partial charge is 0.250 e. The quantitative estimate of drug-likeness (QED) is 0.643. The van der Waals surface area contributed by atoms with Crippen LogP contribution in [0.5, 0.6) is 0 Å². The predicted molar refractivity (Wildman–Crippen MR) is 116 cm³/mol. The summed E-state index contributed by atoms with van der Waals surface area (Å²) >= 11 is 0. The summed E-state index contributed by atoms with van der Waals surface area (Å²) in [7, 11) is 0. The van der Waals surface area contributed by atoms with Gasteiger partial charge in [0, 0.05) is 11.9 Å². The lowest BCUT2D eigenvalue weighted by Crippen LogP contribution is -2.41. The average Bonchev–Trinajstić information content (AvgIpc) is 2.69. The largest absolute Gasteiger partial charge is 0.366 e. The molecular formula is C23H27N5O. The average molecular weight is 390 g/mol. The maximum atomic E-state index is 11.8. The third-order valence-corrected chi connectivity index (χ3v) is 5.64. The van der Waals surface area contributed by atoms with Gasteiger partial charge in [-0.1, -0.05) is 44.2 Å². The maximum Gasteiger partial charge on any atom is 0.250 e. The molecule has 1 fully saturated rings. The highest BCUT2D eigenvalue weighted by atomic mass is 16.1. The molecule has 0 radical (unpaired) electrons. The molecule has 2 heterocycles. The molecule has 0 unspecified atom stereocenters. The van der Waals surface area contributed by atoms with Gasteiger partial charge in [-0.05, 0) is 48.7 Å². The number of nitrogens with one attached hydrogen (secondary N) is 1. The van der Waals surface area contributed by atoms with Gasteiger partial charge in [0.15, 0.2) is 0 Å². The standard InChI is InChI=1S/C23H27N5O/c1-15(2)16-7-9-17(10-8-16)20(13-28-11-4-12-28)27-23-19-6-3-5-18(22(24)29)21(19)25-14-26-23/h3,5-10,14-15,20H,4,11-13H2,1-2H3,(H2,24,29)(H,25,26,27)/t20-/m1/s1. The first kappa shape index (κ1) is 19.3. The lowest BCUT2D eigenvalue weighted by molar-refractivity contribution is 0.100. The van der Waals surface area contributed by atoms with Gasteiger partial charge in [-0.3, -0.25) is 4.79 Å². The second-order valence-electron chi connectivity index (χ2n) is 7.96. The number of anilines is 1. The van der Waals surface area contributed by atoms with Crippen LogP contribution in [0.25, 0.3) is 10.9 Å². The molecule has 1 aliphatic heterocycles. The molecule has 4 rings (SSSR count). The number of carbonyl (C=O) groups excluding carboxylic acids is 1. The van der Waals surface area contributed by atoms with Gasteiger partial charge in [-0.15, -0.1) is 0 Å². The summed E-state index contributed by atoms with van der Waals surface area (Å²) in [5.41, 5.74) is 9.07. The van der Waals surface area contributed by atoms with Gasteiger partial charge < -0.3 is 16.0 Å². The zero-order valence-corrected chi connectivity index (χ0v) is 16.9. The minimum atomic E-state index is -0.485. The van der Waals surface area contributed by atoms with Crippen molar-refractivity contribution in [3.8, 4) is 0 Å². The van der Waals surface area contributed by atoms with E-state index in [2.05, 4.69) is 58.3 Å². The van der Waals surface area contributed by atoms with Crippen molar-refractivity contribution in [1.82, 2.24) is 14.9 Å². The van der Waals surface area contributed by atoms with E-state index >= 15 is 0 Å². The molecular weight excluding hydrogens is 362 g/mol. The van der Waals surface area contributed by atoms with Crippen LogP contribution in [0.4, 0.5) is 5.82 Å². The van der Waals surface area contributed by atoms with E-state index in [4.69, 9.17) is 5.73 Å². The van der Waals surface area contributed by atoms with Gasteiger partial charge in [-0.2, -0.15) is 0 Å². The summed E-state index contributed by atoms with van der Waals surface area (Å²) in [5.74, 6) is 0.738. The summed E-state index contributed by atoms with van der Waals surface area (Å²) in [6.07, 6.45) is 2.73. The van der Waals surface area contributed by atoms with Gasteiger partial charge in [0.2, 0.25) is 0 Å². The number of likely N-dealkylation sites (tertiary alicyclic amines) is 1. The highest BCUT2D eigenvalue weighted by Crippen LogP contribution is 2.28. The Bertz CT molecular complexity index is 1010. The van der Waals surface area contributed by atoms with Crippen molar-refractivity contribution in [2.24, 2.45) is 5.73 Å². The van der Waals surface area contributed by atoms with Crippen LogP contribution >= 0.6 is 0 Å². The Balaban J connectivity index is 1.69. The Morgan fingerprint density at radius 3 is 2.45 bits per heavy atom. The van der Waals surface area contributed by atoms with Crippen molar-refractivity contribution < 1.29 is 4.79 Å². The summed E-state index contributed by atoms with van der Waals surface area (Å²) < 4.78 is 0. The SMILES string of the molecule is CC(C)c1ccc([C@@H](CN2CCC2)Nc2ncnc3c(C(N)=O)cccc23)cc1. The summed E-state index contributed by atoms with van der Waals surface area (Å²) in [6, 6.07) is 14.3. The van der Waals surface area contributed by atoms with Crippen molar-refractivity contribution in [2.75, 3.05) is 25.0 Å². The Hall–Kier alpha value is -2.99. The number of para-hydroxylation sites is 1. The van der Waals surface area contributed by atoms with Gasteiger partial charge in [0.05, 0.1) is 17.1 Å². The molecule has 29 heavy (non-hydrogen) atoms. The third kappa shape index (κ3) is 4.07. The molecule has 150 valence electrons. The van der Waals surface area contributed by atoms with Crippen molar-refractivity contribution in [2.45, 2.75) is 32.2 Å². The molecule has 1 atom stereocenters. The summed E-state index contributed by atoms with van der Waals surface area (Å²) in [6.45, 7) is 7.56. The molecule has 0 saturated carbocycles. The van der Waals surface area contributed by atoms with Crippen LogP contribution in [0.1, 0.15) is 53.7 Å². The topological polar surface area (TPSA) is 84.1 Å². The number of benzene rings is 2. The van der Waals surface area contributed by atoms with E-state index in [0.29, 0.717) is 17.0 Å². The summed E-state index contributed by atoms with van der Waals surface area (Å²) in [4.78, 5) is 23.0. The molecule has 0 aliphatic carbocycles. The molecule has 3 N–H and O–H groups in total. The number of aromatic nitrogens is 2. The molecule has 0 spiro atoms. The zero-order valence-electron chi connectivity index (χ0n) is 16.9. The fourth-order valence-corrected chi connectivity index (χ4v) is 3.74. The number of carbonyl (C=O) groups is 1. The number of fused-ring (bicyclic) bond motifs is 1. The van der Waals surface area contributed by atoms with Crippen LogP contribution in [0.15, 0.2) is 48.8 Å². The number of primary amides is 1. The Kier molecular flexibility index (Phi) is 5.45. The first-order valence-corrected chi connectivity index (χ1v) is 10.1. The normalized spacial score (nSPS) is 15.3. The number of rotatable bonds is 7. The molecule has 6 nitrogen and oxygen atoms in total. The lowest BCUT2D eigenvalue weighted by atomic mass is 9.98. The second-order valence-corrected chi connectivity index (χ2v) is 7.96. The van der Waals surface area contributed by atoms with Crippen LogP contribution in [0, 0.1) is 0 Å². The fraction of sp³-hybridized carbons (Fsp3) is 0.348. The van der Waals surface area contributed by atoms with Crippen molar-refractivity contribution in [3.63, 3.8) is 0 Å². The first-order chi connectivity index (χ1) is 14.0. The molecule has 6 heteroatoms. The van der Waals surface area contributed by atoms with E-state index in [0.717, 1.165) is 30.8 Å². The third-order valence-electron chi connectivity index (χ3n) is 5.64. The number of amides is 1. The molecule has 0 bridgehead atoms. The number of hydrogen-bond donors (Lipinski definition) is 2. The Labute approximate surface area is 171 Å². The Morgan fingerprint density at radius 1 is 1.10 bits per heavy atom. The van der Waals surface area contributed by atoms with E-state index < -0.39 is 5.91 Å². The zero-order chi connectivity index (χ0) is 20.4. The minimum Gasteiger partial charge on any atom is -0.366 e. The number of nitrogens with two attached hydrogens (primary N) is 1. The van der Waals surface area contributed by atoms with E-state index in [1.165, 1.54) is 23.9 Å². The van der Waals surface area contributed by atoms with E-state index in [1.807, 2.05) is 12.1 Å².